The molecule has 1 heterocycles. The minimum atomic E-state index is -4.60. The zero-order chi connectivity index (χ0) is 30.9. The fourth-order valence-electron chi connectivity index (χ4n) is 5.85. The molecule has 0 aromatic heterocycles. The van der Waals surface area contributed by atoms with Gasteiger partial charge in [-0.3, -0.25) is 9.59 Å². The largest absolute Gasteiger partial charge is 0.495 e. The van der Waals surface area contributed by atoms with Crippen molar-refractivity contribution in [1.82, 2.24) is 5.32 Å². The van der Waals surface area contributed by atoms with Crippen LogP contribution in [0, 0.1) is 0 Å². The number of hydrogen-bond acceptors (Lipinski definition) is 6. The number of hydrogen-bond donors (Lipinski definition) is 2. The first kappa shape index (κ1) is 29.8. The second-order valence-electron chi connectivity index (χ2n) is 10.4. The van der Waals surface area contributed by atoms with Crippen molar-refractivity contribution in [2.45, 2.75) is 37.8 Å². The number of nitrogens with one attached hydrogen (secondary N) is 2. The standard InChI is InChI=1S/C33H31F3N2O5/c1-18-29(32(40)38-23-10-5-6-11-26(23)41-2)30(20-8-7-9-22(14-20)33(34,35)36)31-24(37-18)15-21(16-25(31)39)19-12-13-27(42-3)28(17-19)43-4/h5-14,17,21,30,37H,15-16H2,1-4H3,(H,38,40). The molecule has 0 fully saturated rings. The summed E-state index contributed by atoms with van der Waals surface area (Å²) in [6, 6.07) is 17.1. The van der Waals surface area contributed by atoms with Gasteiger partial charge in [0.1, 0.15) is 5.75 Å². The van der Waals surface area contributed by atoms with Crippen LogP contribution in [-0.4, -0.2) is 33.0 Å². The van der Waals surface area contributed by atoms with Gasteiger partial charge in [-0.25, -0.2) is 0 Å². The van der Waals surface area contributed by atoms with E-state index in [0.717, 1.165) is 17.7 Å². The van der Waals surface area contributed by atoms with Crippen molar-refractivity contribution in [3.8, 4) is 17.2 Å². The Morgan fingerprint density at radius 3 is 2.28 bits per heavy atom. The highest BCUT2D eigenvalue weighted by atomic mass is 19.4. The van der Waals surface area contributed by atoms with E-state index in [-0.39, 0.29) is 34.8 Å². The lowest BCUT2D eigenvalue weighted by Gasteiger charge is -2.37. The molecule has 0 saturated heterocycles. The van der Waals surface area contributed by atoms with Gasteiger partial charge in [-0.2, -0.15) is 13.2 Å². The molecule has 2 aliphatic rings. The number of ether oxygens (including phenoxy) is 3. The Hall–Kier alpha value is -4.73. The molecule has 5 rings (SSSR count). The van der Waals surface area contributed by atoms with Crippen LogP contribution in [0.2, 0.25) is 0 Å². The number of rotatable bonds is 7. The van der Waals surface area contributed by atoms with E-state index in [4.69, 9.17) is 14.2 Å². The molecule has 224 valence electrons. The number of benzene rings is 3. The maximum atomic E-state index is 13.9. The first-order valence-corrected chi connectivity index (χ1v) is 13.6. The topological polar surface area (TPSA) is 85.9 Å². The molecule has 0 saturated carbocycles. The zero-order valence-corrected chi connectivity index (χ0v) is 24.1. The van der Waals surface area contributed by atoms with E-state index in [1.165, 1.54) is 33.5 Å². The van der Waals surface area contributed by atoms with Crippen molar-refractivity contribution in [1.29, 1.82) is 0 Å². The zero-order valence-electron chi connectivity index (χ0n) is 24.1. The van der Waals surface area contributed by atoms with Crippen LogP contribution >= 0.6 is 0 Å². The number of anilines is 1. The van der Waals surface area contributed by atoms with Crippen LogP contribution in [0.1, 0.15) is 48.3 Å². The second-order valence-corrected chi connectivity index (χ2v) is 10.4. The molecule has 0 spiro atoms. The molecule has 2 unspecified atom stereocenters. The van der Waals surface area contributed by atoms with Gasteiger partial charge in [0.15, 0.2) is 17.3 Å². The highest BCUT2D eigenvalue weighted by Gasteiger charge is 2.42. The molecule has 1 aliphatic carbocycles. The van der Waals surface area contributed by atoms with Crippen LogP contribution in [0.25, 0.3) is 0 Å². The number of alkyl halides is 3. The molecule has 3 aromatic carbocycles. The van der Waals surface area contributed by atoms with Crippen molar-refractivity contribution in [3.63, 3.8) is 0 Å². The lowest BCUT2D eigenvalue weighted by atomic mass is 9.71. The summed E-state index contributed by atoms with van der Waals surface area (Å²) in [5.74, 6) is -0.566. The molecule has 2 atom stereocenters. The van der Waals surface area contributed by atoms with Crippen molar-refractivity contribution in [3.05, 3.63) is 106 Å². The molecule has 0 radical (unpaired) electrons. The number of allylic oxidation sites excluding steroid dienone is 3. The Balaban J connectivity index is 1.59. The van der Waals surface area contributed by atoms with E-state index in [2.05, 4.69) is 10.6 Å². The minimum absolute atomic E-state index is 0.103. The number of ketones is 1. The van der Waals surface area contributed by atoms with Crippen LogP contribution in [0.15, 0.2) is 89.3 Å². The SMILES string of the molecule is COc1ccccc1NC(=O)C1=C(C)NC2=C(C(=O)CC(c3ccc(OC)c(OC)c3)C2)C1c1cccc(C(F)(F)F)c1. The number of methoxy groups -OCH3 is 3. The van der Waals surface area contributed by atoms with Crippen LogP contribution < -0.4 is 24.8 Å². The number of carbonyl (C=O) groups excluding carboxylic acids is 2. The quantitative estimate of drug-likeness (QED) is 0.317. The van der Waals surface area contributed by atoms with Gasteiger partial charge in [0.05, 0.1) is 32.6 Å². The number of halogens is 3. The third-order valence-electron chi connectivity index (χ3n) is 7.85. The smallest absolute Gasteiger partial charge is 0.416 e. The lowest BCUT2D eigenvalue weighted by molar-refractivity contribution is -0.137. The fourth-order valence-corrected chi connectivity index (χ4v) is 5.85. The number of Topliss-reactive ketones (excluding diaryl/α,β-unsaturated/α-hetero) is 1. The maximum absolute atomic E-state index is 13.9. The number of dihydropyridines is 1. The van der Waals surface area contributed by atoms with Gasteiger partial charge >= 0.3 is 6.18 Å². The molecule has 43 heavy (non-hydrogen) atoms. The third-order valence-corrected chi connectivity index (χ3v) is 7.85. The van der Waals surface area contributed by atoms with E-state index in [9.17, 15) is 22.8 Å². The first-order chi connectivity index (χ1) is 20.5. The Bertz CT molecular complexity index is 1640. The fraction of sp³-hybridized carbons (Fsp3) is 0.273. The Morgan fingerprint density at radius 1 is 0.860 bits per heavy atom. The summed E-state index contributed by atoms with van der Waals surface area (Å²) in [7, 11) is 4.54. The minimum Gasteiger partial charge on any atom is -0.495 e. The maximum Gasteiger partial charge on any atom is 0.416 e. The predicted octanol–water partition coefficient (Wildman–Crippen LogP) is 6.73. The summed E-state index contributed by atoms with van der Waals surface area (Å²) in [5, 5.41) is 6.09. The third kappa shape index (κ3) is 5.82. The van der Waals surface area contributed by atoms with Gasteiger partial charge in [-0.05, 0) is 60.7 Å². The van der Waals surface area contributed by atoms with Gasteiger partial charge in [-0.15, -0.1) is 0 Å². The van der Waals surface area contributed by atoms with Crippen molar-refractivity contribution < 1.29 is 37.0 Å². The van der Waals surface area contributed by atoms with Crippen molar-refractivity contribution in [2.24, 2.45) is 0 Å². The molecule has 10 heteroatoms. The average Bonchev–Trinajstić information content (AvgIpc) is 2.99. The highest BCUT2D eigenvalue weighted by Crippen LogP contribution is 2.47. The normalized spacial score (nSPS) is 18.5. The summed E-state index contributed by atoms with van der Waals surface area (Å²) in [4.78, 5) is 27.8. The Kier molecular flexibility index (Phi) is 8.21. The molecular weight excluding hydrogens is 561 g/mol. The molecule has 3 aromatic rings. The van der Waals surface area contributed by atoms with E-state index >= 15 is 0 Å². The van der Waals surface area contributed by atoms with Crippen LogP contribution in [0.4, 0.5) is 18.9 Å². The summed E-state index contributed by atoms with van der Waals surface area (Å²) < 4.78 is 57.5. The van der Waals surface area contributed by atoms with E-state index < -0.39 is 23.6 Å². The molecule has 7 nitrogen and oxygen atoms in total. The Labute approximate surface area is 247 Å². The Morgan fingerprint density at radius 2 is 1.58 bits per heavy atom. The monoisotopic (exact) mass is 592 g/mol. The van der Waals surface area contributed by atoms with Gasteiger partial charge in [-0.1, -0.05) is 36.4 Å². The predicted molar refractivity (Wildman–Crippen MR) is 155 cm³/mol. The molecule has 0 bridgehead atoms. The summed E-state index contributed by atoms with van der Waals surface area (Å²) in [6.07, 6.45) is -4.09. The van der Waals surface area contributed by atoms with E-state index in [1.54, 1.807) is 37.3 Å². The average molecular weight is 593 g/mol. The van der Waals surface area contributed by atoms with Gasteiger partial charge in [0.2, 0.25) is 0 Å². The molecule has 1 aliphatic heterocycles. The second kappa shape index (κ2) is 11.9. The lowest BCUT2D eigenvalue weighted by Crippen LogP contribution is -2.37. The van der Waals surface area contributed by atoms with Crippen LogP contribution in [0.5, 0.6) is 17.2 Å². The van der Waals surface area contributed by atoms with Gasteiger partial charge < -0.3 is 24.8 Å². The summed E-state index contributed by atoms with van der Waals surface area (Å²) >= 11 is 0. The van der Waals surface area contributed by atoms with Crippen LogP contribution in [0.3, 0.4) is 0 Å². The summed E-state index contributed by atoms with van der Waals surface area (Å²) in [6.45, 7) is 1.69. The van der Waals surface area contributed by atoms with E-state index in [1.807, 2.05) is 12.1 Å². The van der Waals surface area contributed by atoms with Gasteiger partial charge in [0.25, 0.3) is 5.91 Å². The van der Waals surface area contributed by atoms with Crippen LogP contribution in [-0.2, 0) is 15.8 Å². The number of amides is 1. The first-order valence-electron chi connectivity index (χ1n) is 13.6. The van der Waals surface area contributed by atoms with Crippen molar-refractivity contribution >= 4 is 17.4 Å². The van der Waals surface area contributed by atoms with Gasteiger partial charge in [0, 0.05) is 34.9 Å². The molecule has 1 amide bonds. The highest BCUT2D eigenvalue weighted by molar-refractivity contribution is 6.10. The van der Waals surface area contributed by atoms with E-state index in [0.29, 0.717) is 40.8 Å². The number of para-hydroxylation sites is 2. The molecule has 2 N–H and O–H groups in total. The summed E-state index contributed by atoms with van der Waals surface area (Å²) in [5.41, 5.74) is 2.04. The van der Waals surface area contributed by atoms with Crippen molar-refractivity contribution in [2.75, 3.05) is 26.6 Å². The molecular formula is C33H31F3N2O5. The number of carbonyl (C=O) groups is 2.